The molecule has 0 saturated heterocycles. The second-order valence-corrected chi connectivity index (χ2v) is 2.50. The van der Waals surface area contributed by atoms with Crippen LogP contribution in [0.3, 0.4) is 0 Å². The lowest BCUT2D eigenvalue weighted by atomic mass is 10.1. The van der Waals surface area contributed by atoms with E-state index in [1.54, 1.807) is 6.92 Å². The van der Waals surface area contributed by atoms with Gasteiger partial charge in [0, 0.05) is 13.1 Å². The Bertz CT molecular complexity index is 147. The van der Waals surface area contributed by atoms with Gasteiger partial charge in [0.1, 0.15) is 0 Å². The topological polar surface area (TPSA) is 63.4 Å². The summed E-state index contributed by atoms with van der Waals surface area (Å²) in [4.78, 5) is 22.3. The Morgan fingerprint density at radius 3 is 2.55 bits per heavy atom. The summed E-state index contributed by atoms with van der Waals surface area (Å²) in [5.74, 6) is -0.634. The summed E-state index contributed by atoms with van der Waals surface area (Å²) >= 11 is 0. The van der Waals surface area contributed by atoms with Crippen molar-refractivity contribution in [3.63, 3.8) is 0 Å². The molecule has 11 heavy (non-hydrogen) atoms. The second-order valence-electron chi connectivity index (χ2n) is 2.50. The molecule has 0 rings (SSSR count). The first-order chi connectivity index (χ1) is 5.11. The highest BCUT2D eigenvalue weighted by Crippen LogP contribution is 1.95. The van der Waals surface area contributed by atoms with Gasteiger partial charge in [-0.05, 0) is 6.92 Å². The molecule has 0 spiro atoms. The second kappa shape index (κ2) is 4.71. The summed E-state index contributed by atoms with van der Waals surface area (Å²) < 4.78 is 0. The first-order valence-electron chi connectivity index (χ1n) is 3.60. The molecule has 2 N–H and O–H groups in total. The highest BCUT2D eigenvalue weighted by atomic mass is 16.1. The molecule has 0 bridgehead atoms. The molecule has 0 aromatic heterocycles. The number of carbonyl (C=O) groups excluding carboxylic acids is 2. The first kappa shape index (κ1) is 9.94. The van der Waals surface area contributed by atoms with Gasteiger partial charge in [-0.2, -0.15) is 0 Å². The lowest BCUT2D eigenvalue weighted by Gasteiger charge is -2.17. The van der Waals surface area contributed by atoms with E-state index in [4.69, 9.17) is 5.73 Å². The summed E-state index contributed by atoms with van der Waals surface area (Å²) in [6.07, 6.45) is 0.722. The third-order valence-corrected chi connectivity index (χ3v) is 1.55. The van der Waals surface area contributed by atoms with Crippen molar-refractivity contribution in [2.75, 3.05) is 13.1 Å². The van der Waals surface area contributed by atoms with Gasteiger partial charge in [-0.3, -0.25) is 9.59 Å². The van der Waals surface area contributed by atoms with Crippen molar-refractivity contribution in [2.45, 2.75) is 13.8 Å². The normalized spacial score (nSPS) is 12.2. The van der Waals surface area contributed by atoms with E-state index in [0.717, 1.165) is 6.41 Å². The molecule has 0 aliphatic heterocycles. The maximum absolute atomic E-state index is 10.5. The molecule has 0 aromatic rings. The van der Waals surface area contributed by atoms with Crippen molar-refractivity contribution in [1.29, 1.82) is 0 Å². The Hall–Kier alpha value is -1.06. The van der Waals surface area contributed by atoms with E-state index in [2.05, 4.69) is 0 Å². The van der Waals surface area contributed by atoms with Gasteiger partial charge in [-0.1, -0.05) is 6.92 Å². The number of carbonyl (C=O) groups is 2. The standard InChI is InChI=1S/C7H14N2O2/c1-3-9(5-10)4-6(2)7(8)11/h5-6H,3-4H2,1-2H3,(H2,8,11)/t6-/m1/s1. The zero-order valence-corrected chi connectivity index (χ0v) is 6.91. The van der Waals surface area contributed by atoms with Gasteiger partial charge in [0.2, 0.25) is 12.3 Å². The Labute approximate surface area is 66.4 Å². The van der Waals surface area contributed by atoms with Gasteiger partial charge in [0.25, 0.3) is 0 Å². The van der Waals surface area contributed by atoms with E-state index in [9.17, 15) is 9.59 Å². The monoisotopic (exact) mass is 158 g/mol. The summed E-state index contributed by atoms with van der Waals surface area (Å²) in [5, 5.41) is 0. The van der Waals surface area contributed by atoms with E-state index in [1.807, 2.05) is 6.92 Å². The van der Waals surface area contributed by atoms with Gasteiger partial charge < -0.3 is 10.6 Å². The van der Waals surface area contributed by atoms with Gasteiger partial charge >= 0.3 is 0 Å². The van der Waals surface area contributed by atoms with Crippen molar-refractivity contribution < 1.29 is 9.59 Å². The van der Waals surface area contributed by atoms with Crippen molar-refractivity contribution in [2.24, 2.45) is 11.7 Å². The summed E-state index contributed by atoms with van der Waals surface area (Å²) in [7, 11) is 0. The van der Waals surface area contributed by atoms with Gasteiger partial charge in [0.05, 0.1) is 5.92 Å². The molecule has 0 aliphatic rings. The maximum atomic E-state index is 10.5. The number of rotatable bonds is 5. The van der Waals surface area contributed by atoms with Crippen LogP contribution < -0.4 is 5.73 Å². The van der Waals surface area contributed by atoms with Crippen molar-refractivity contribution in [3.8, 4) is 0 Å². The maximum Gasteiger partial charge on any atom is 0.222 e. The fourth-order valence-electron chi connectivity index (χ4n) is 0.688. The lowest BCUT2D eigenvalue weighted by molar-refractivity contribution is -0.123. The highest BCUT2D eigenvalue weighted by Gasteiger charge is 2.11. The molecule has 0 fully saturated rings. The van der Waals surface area contributed by atoms with Crippen LogP contribution in [0.5, 0.6) is 0 Å². The number of nitrogens with zero attached hydrogens (tertiary/aromatic N) is 1. The predicted molar refractivity (Wildman–Crippen MR) is 41.7 cm³/mol. The Morgan fingerprint density at radius 2 is 2.27 bits per heavy atom. The van der Waals surface area contributed by atoms with Crippen LogP contribution in [-0.4, -0.2) is 30.3 Å². The van der Waals surface area contributed by atoms with Crippen LogP contribution in [0.4, 0.5) is 0 Å². The summed E-state index contributed by atoms with van der Waals surface area (Å²) in [5.41, 5.74) is 5.01. The van der Waals surface area contributed by atoms with E-state index in [1.165, 1.54) is 4.90 Å². The minimum atomic E-state index is -0.370. The van der Waals surface area contributed by atoms with Crippen LogP contribution in [0, 0.1) is 5.92 Å². The minimum Gasteiger partial charge on any atom is -0.369 e. The van der Waals surface area contributed by atoms with Crippen molar-refractivity contribution in [3.05, 3.63) is 0 Å². The number of hydrogen-bond donors (Lipinski definition) is 1. The summed E-state index contributed by atoms with van der Waals surface area (Å²) in [6.45, 7) is 4.58. The number of nitrogens with two attached hydrogens (primary N) is 1. The molecule has 0 aromatic carbocycles. The van der Waals surface area contributed by atoms with Gasteiger partial charge in [-0.15, -0.1) is 0 Å². The van der Waals surface area contributed by atoms with E-state index < -0.39 is 0 Å². The molecule has 4 nitrogen and oxygen atoms in total. The average Bonchev–Trinajstić information content (AvgIpc) is 1.99. The SMILES string of the molecule is CCN(C=O)C[C@@H](C)C(N)=O. The zero-order valence-electron chi connectivity index (χ0n) is 6.91. The van der Waals surface area contributed by atoms with E-state index in [0.29, 0.717) is 13.1 Å². The highest BCUT2D eigenvalue weighted by molar-refractivity contribution is 5.76. The molecule has 64 valence electrons. The van der Waals surface area contributed by atoms with E-state index in [-0.39, 0.29) is 11.8 Å². The third kappa shape index (κ3) is 3.60. The van der Waals surface area contributed by atoms with Crippen LogP contribution >= 0.6 is 0 Å². The molecule has 4 heteroatoms. The van der Waals surface area contributed by atoms with Crippen LogP contribution in [-0.2, 0) is 9.59 Å². The molecular weight excluding hydrogens is 144 g/mol. The van der Waals surface area contributed by atoms with Gasteiger partial charge in [0.15, 0.2) is 0 Å². The average molecular weight is 158 g/mol. The molecule has 1 atom stereocenters. The molecule has 0 aliphatic carbocycles. The Morgan fingerprint density at radius 1 is 1.73 bits per heavy atom. The van der Waals surface area contributed by atoms with Crippen LogP contribution in [0.1, 0.15) is 13.8 Å². The van der Waals surface area contributed by atoms with Gasteiger partial charge in [-0.25, -0.2) is 0 Å². The zero-order chi connectivity index (χ0) is 8.85. The Kier molecular flexibility index (Phi) is 4.26. The molecule has 0 unspecified atom stereocenters. The predicted octanol–water partition coefficient (Wildman–Crippen LogP) is -0.414. The number of primary amides is 1. The van der Waals surface area contributed by atoms with Crippen LogP contribution in [0.2, 0.25) is 0 Å². The quantitative estimate of drug-likeness (QED) is 0.553. The van der Waals surface area contributed by atoms with Crippen molar-refractivity contribution >= 4 is 12.3 Å². The minimum absolute atomic E-state index is 0.264. The molecule has 0 heterocycles. The van der Waals surface area contributed by atoms with Crippen LogP contribution in [0.25, 0.3) is 0 Å². The first-order valence-corrected chi connectivity index (χ1v) is 3.60. The smallest absolute Gasteiger partial charge is 0.222 e. The largest absolute Gasteiger partial charge is 0.369 e. The molecule has 0 radical (unpaired) electrons. The van der Waals surface area contributed by atoms with Crippen LogP contribution in [0.15, 0.2) is 0 Å². The Balaban J connectivity index is 3.80. The molecular formula is C7H14N2O2. The van der Waals surface area contributed by atoms with Crippen molar-refractivity contribution in [1.82, 2.24) is 4.90 Å². The summed E-state index contributed by atoms with van der Waals surface area (Å²) in [6, 6.07) is 0. The van der Waals surface area contributed by atoms with E-state index >= 15 is 0 Å². The number of hydrogen-bond acceptors (Lipinski definition) is 2. The lowest BCUT2D eigenvalue weighted by Crippen LogP contribution is -2.33. The fourth-order valence-corrected chi connectivity index (χ4v) is 0.688. The number of amides is 2. The third-order valence-electron chi connectivity index (χ3n) is 1.55. The molecule has 2 amide bonds. The fraction of sp³-hybridized carbons (Fsp3) is 0.714. The molecule has 0 saturated carbocycles.